The van der Waals surface area contributed by atoms with Crippen LogP contribution in [0.2, 0.25) is 0 Å². The normalized spacial score (nSPS) is 6.00. The molecule has 0 unspecified atom stereocenters. The Morgan fingerprint density at radius 3 is 1.80 bits per heavy atom. The minimum atomic E-state index is 0. The van der Waals surface area contributed by atoms with Crippen LogP contribution >= 0.6 is 0 Å². The molecule has 33 valence electrons. The highest BCUT2D eigenvalue weighted by atomic mass is 16.2. The van der Waals surface area contributed by atoms with Crippen LogP contribution in [0.15, 0.2) is 0 Å². The van der Waals surface area contributed by atoms with Crippen LogP contribution in [0, 0.1) is 6.92 Å². The largest absolute Gasteiger partial charge is 0.396 e. The molecule has 4 N–H and O–H groups in total. The third-order valence-electron chi connectivity index (χ3n) is 0.158. The first-order chi connectivity index (χ1) is 1.91. The van der Waals surface area contributed by atoms with Crippen molar-refractivity contribution in [2.24, 2.45) is 0 Å². The molecule has 0 aliphatic carbocycles. The quantitative estimate of drug-likeness (QED) is 0.474. The van der Waals surface area contributed by atoms with Crippen molar-refractivity contribution in [2.75, 3.05) is 6.61 Å². The number of aliphatic hydroxyl groups is 1. The number of hydrogen-bond acceptors (Lipinski definition) is 2. The molecule has 0 aliphatic heterocycles. The second-order valence-corrected chi connectivity index (χ2v) is 0.577. The molecule has 0 amide bonds. The second-order valence-electron chi connectivity index (χ2n) is 0.577. The predicted molar refractivity (Wildman–Crippen MR) is 22.1 cm³/mol. The Hall–Kier alpha value is -0.0800. The van der Waals surface area contributed by atoms with Gasteiger partial charge in [-0.05, 0) is 6.42 Å². The molecule has 0 aromatic heterocycles. The summed E-state index contributed by atoms with van der Waals surface area (Å²) in [6.45, 7) is 3.56. The minimum Gasteiger partial charge on any atom is -0.396 e. The number of rotatable bonds is 1. The van der Waals surface area contributed by atoms with Gasteiger partial charge in [0.1, 0.15) is 0 Å². The van der Waals surface area contributed by atoms with E-state index >= 15 is 0 Å². The average molecular weight is 76.1 g/mol. The van der Waals surface area contributed by atoms with Gasteiger partial charge in [0.25, 0.3) is 0 Å². The highest BCUT2D eigenvalue weighted by Gasteiger charge is 1.57. The topological polar surface area (TPSA) is 55.2 Å². The van der Waals surface area contributed by atoms with E-state index < -0.39 is 0 Å². The summed E-state index contributed by atoms with van der Waals surface area (Å²) in [6, 6.07) is 0. The maximum Gasteiger partial charge on any atom is 0.0431 e. The highest BCUT2D eigenvalue weighted by molar-refractivity contribution is 4.28. The van der Waals surface area contributed by atoms with Gasteiger partial charge in [0.05, 0.1) is 0 Å². The number of hydrogen-bond donors (Lipinski definition) is 2. The fourth-order valence-corrected chi connectivity index (χ4v) is 0. The lowest BCUT2D eigenvalue weighted by molar-refractivity contribution is 0.302. The second kappa shape index (κ2) is 9.07. The van der Waals surface area contributed by atoms with Gasteiger partial charge in [0.2, 0.25) is 0 Å². The van der Waals surface area contributed by atoms with Gasteiger partial charge in [-0.1, -0.05) is 6.92 Å². The molecule has 5 heavy (non-hydrogen) atoms. The van der Waals surface area contributed by atoms with Crippen LogP contribution in [-0.2, 0) is 0 Å². The molecule has 0 bridgehead atoms. The third kappa shape index (κ3) is 17.1. The Kier molecular flexibility index (Phi) is 16.1. The van der Waals surface area contributed by atoms with Crippen molar-refractivity contribution >= 4 is 0 Å². The molecule has 2 nitrogen and oxygen atoms in total. The zero-order chi connectivity index (χ0) is 3.41. The van der Waals surface area contributed by atoms with E-state index in [-0.39, 0.29) is 12.8 Å². The molecule has 0 saturated carbocycles. The maximum absolute atomic E-state index is 7.81. The SMILES string of the molecule is N.[CH2]CCO. The smallest absolute Gasteiger partial charge is 0.0431 e. The summed E-state index contributed by atoms with van der Waals surface area (Å²) < 4.78 is 0. The first kappa shape index (κ1) is 8.87. The molecule has 0 rings (SSSR count). The minimum absolute atomic E-state index is 0. The number of aliphatic hydroxyl groups excluding tert-OH is 1. The van der Waals surface area contributed by atoms with Crippen LogP contribution in [0.3, 0.4) is 0 Å². The lowest BCUT2D eigenvalue weighted by atomic mass is 10.5. The molecule has 0 fully saturated rings. The summed E-state index contributed by atoms with van der Waals surface area (Å²) in [5, 5.41) is 7.81. The lowest BCUT2D eigenvalue weighted by Crippen LogP contribution is -1.70. The maximum atomic E-state index is 7.81. The first-order valence-electron chi connectivity index (χ1n) is 1.32. The van der Waals surface area contributed by atoms with E-state index in [2.05, 4.69) is 6.92 Å². The molecule has 2 heteroatoms. The zero-order valence-corrected chi connectivity index (χ0v) is 3.28. The fourth-order valence-electron chi connectivity index (χ4n) is 0. The zero-order valence-electron chi connectivity index (χ0n) is 3.28. The fraction of sp³-hybridized carbons (Fsp3) is 0.667. The van der Waals surface area contributed by atoms with Gasteiger partial charge in [0, 0.05) is 6.61 Å². The third-order valence-corrected chi connectivity index (χ3v) is 0.158. The van der Waals surface area contributed by atoms with Gasteiger partial charge in [-0.25, -0.2) is 0 Å². The predicted octanol–water partition coefficient (Wildman–Crippen LogP) is 0.365. The van der Waals surface area contributed by atoms with Crippen LogP contribution in [-0.4, -0.2) is 11.7 Å². The van der Waals surface area contributed by atoms with E-state index in [0.717, 1.165) is 0 Å². The van der Waals surface area contributed by atoms with Gasteiger partial charge < -0.3 is 11.3 Å². The average Bonchev–Trinajstić information content (AvgIpc) is 1.37. The molecule has 0 saturated heterocycles. The van der Waals surface area contributed by atoms with Crippen molar-refractivity contribution in [3.63, 3.8) is 0 Å². The molecule has 0 aliphatic rings. The van der Waals surface area contributed by atoms with E-state index in [4.69, 9.17) is 5.11 Å². The van der Waals surface area contributed by atoms with Gasteiger partial charge in [-0.2, -0.15) is 0 Å². The molecule has 1 radical (unpaired) electrons. The Morgan fingerprint density at radius 2 is 1.80 bits per heavy atom. The Balaban J connectivity index is 0. The van der Waals surface area contributed by atoms with Crippen molar-refractivity contribution in [1.29, 1.82) is 0 Å². The monoisotopic (exact) mass is 76.1 g/mol. The van der Waals surface area contributed by atoms with Crippen molar-refractivity contribution in [3.8, 4) is 0 Å². The standard InChI is InChI=1S/C3H7O.H3N/c1-2-3-4;/h4H,1-3H2;1H3. The summed E-state index contributed by atoms with van der Waals surface area (Å²) in [6.07, 6.45) is 0.625. The van der Waals surface area contributed by atoms with Gasteiger partial charge in [-0.3, -0.25) is 0 Å². The van der Waals surface area contributed by atoms with E-state index in [1.807, 2.05) is 0 Å². The summed E-state index contributed by atoms with van der Waals surface area (Å²) in [7, 11) is 0. The highest BCUT2D eigenvalue weighted by Crippen LogP contribution is 1.60. The van der Waals surface area contributed by atoms with Crippen molar-refractivity contribution in [1.82, 2.24) is 6.15 Å². The first-order valence-corrected chi connectivity index (χ1v) is 1.32. The van der Waals surface area contributed by atoms with E-state index in [0.29, 0.717) is 6.42 Å². The van der Waals surface area contributed by atoms with Crippen LogP contribution < -0.4 is 6.15 Å². The van der Waals surface area contributed by atoms with E-state index in [1.54, 1.807) is 0 Å². The molecular formula is C3H10NO. The summed E-state index contributed by atoms with van der Waals surface area (Å²) >= 11 is 0. The molecule has 0 aromatic rings. The summed E-state index contributed by atoms with van der Waals surface area (Å²) in [5.41, 5.74) is 0. The van der Waals surface area contributed by atoms with Gasteiger partial charge in [-0.15, -0.1) is 0 Å². The van der Waals surface area contributed by atoms with Crippen LogP contribution in [0.5, 0.6) is 0 Å². The summed E-state index contributed by atoms with van der Waals surface area (Å²) in [4.78, 5) is 0. The molecule has 0 heterocycles. The molecule has 0 aromatic carbocycles. The Labute approximate surface area is 32.4 Å². The Bertz CT molecular complexity index is 8.85. The van der Waals surface area contributed by atoms with Crippen molar-refractivity contribution in [3.05, 3.63) is 6.92 Å². The summed E-state index contributed by atoms with van der Waals surface area (Å²) in [5.74, 6) is 0. The van der Waals surface area contributed by atoms with Crippen LogP contribution in [0.1, 0.15) is 6.42 Å². The van der Waals surface area contributed by atoms with Crippen molar-refractivity contribution in [2.45, 2.75) is 6.42 Å². The molecule has 0 spiro atoms. The van der Waals surface area contributed by atoms with Crippen LogP contribution in [0.25, 0.3) is 0 Å². The lowest BCUT2D eigenvalue weighted by Gasteiger charge is -1.69. The van der Waals surface area contributed by atoms with E-state index in [1.165, 1.54) is 0 Å². The van der Waals surface area contributed by atoms with Crippen molar-refractivity contribution < 1.29 is 5.11 Å². The van der Waals surface area contributed by atoms with Gasteiger partial charge in [0.15, 0.2) is 0 Å². The Morgan fingerprint density at radius 1 is 1.60 bits per heavy atom. The molecular weight excluding hydrogens is 66.0 g/mol. The van der Waals surface area contributed by atoms with Gasteiger partial charge >= 0.3 is 0 Å². The van der Waals surface area contributed by atoms with Crippen LogP contribution in [0.4, 0.5) is 0 Å². The molecule has 0 atom stereocenters. The van der Waals surface area contributed by atoms with E-state index in [9.17, 15) is 0 Å².